The predicted octanol–water partition coefficient (Wildman–Crippen LogP) is 2.08. The van der Waals surface area contributed by atoms with E-state index in [1.54, 1.807) is 20.0 Å². The molecule has 1 aromatic carbocycles. The summed E-state index contributed by atoms with van der Waals surface area (Å²) in [5.74, 6) is 0.0360. The fraction of sp³-hybridized carbons (Fsp3) is 0.286. The molecule has 0 fully saturated rings. The Kier molecular flexibility index (Phi) is 2.94. The Morgan fingerprint density at radius 2 is 2.00 bits per heavy atom. The monoisotopic (exact) mass is 228 g/mol. The zero-order chi connectivity index (χ0) is 12.5. The molecule has 2 aromatic rings. The number of benzene rings is 1. The Balaban J connectivity index is 2.40. The molecule has 0 spiro atoms. The third-order valence-electron chi connectivity index (χ3n) is 2.81. The first-order valence-electron chi connectivity index (χ1n) is 5.63. The molecule has 0 saturated heterocycles. The lowest BCUT2D eigenvalue weighted by Gasteiger charge is -2.17. The number of pyridine rings is 1. The Hall–Kier alpha value is -1.74. The molecule has 1 heterocycles. The van der Waals surface area contributed by atoms with Crippen molar-refractivity contribution in [1.29, 1.82) is 0 Å². The van der Waals surface area contributed by atoms with Crippen molar-refractivity contribution < 1.29 is 4.79 Å². The Morgan fingerprint density at radius 3 is 2.71 bits per heavy atom. The molecule has 0 radical (unpaired) electrons. The van der Waals surface area contributed by atoms with Crippen LogP contribution in [0.2, 0.25) is 0 Å². The molecule has 0 unspecified atom stereocenters. The van der Waals surface area contributed by atoms with Gasteiger partial charge in [0.05, 0.1) is 11.1 Å². The lowest BCUT2D eigenvalue weighted by molar-refractivity contribution is -0.122. The van der Waals surface area contributed by atoms with Gasteiger partial charge in [-0.25, -0.2) is 0 Å². The second kappa shape index (κ2) is 4.26. The van der Waals surface area contributed by atoms with Gasteiger partial charge in [-0.05, 0) is 31.5 Å². The Labute approximate surface area is 101 Å². The molecule has 0 amide bonds. The van der Waals surface area contributed by atoms with Gasteiger partial charge in [-0.15, -0.1) is 0 Å². The van der Waals surface area contributed by atoms with Crippen molar-refractivity contribution in [1.82, 2.24) is 4.98 Å². The molecule has 2 N–H and O–H groups in total. The zero-order valence-electron chi connectivity index (χ0n) is 10.1. The van der Waals surface area contributed by atoms with Crippen LogP contribution in [0.4, 0.5) is 0 Å². The van der Waals surface area contributed by atoms with Crippen LogP contribution in [0.1, 0.15) is 19.4 Å². The topological polar surface area (TPSA) is 56.0 Å². The molecule has 0 aliphatic carbocycles. The first-order chi connectivity index (χ1) is 7.98. The average Bonchev–Trinajstić information content (AvgIpc) is 2.28. The fourth-order valence-corrected chi connectivity index (χ4v) is 1.71. The number of carbonyl (C=O) groups excluding carboxylic acids is 1. The van der Waals surface area contributed by atoms with Crippen LogP contribution in [0, 0.1) is 0 Å². The minimum absolute atomic E-state index is 0.0360. The lowest BCUT2D eigenvalue weighted by Crippen LogP contribution is -2.42. The summed E-state index contributed by atoms with van der Waals surface area (Å²) in [6, 6.07) is 9.69. The second-order valence-electron chi connectivity index (χ2n) is 4.81. The average molecular weight is 228 g/mol. The summed E-state index contributed by atoms with van der Waals surface area (Å²) in [5, 5.41) is 1.02. The molecule has 3 nitrogen and oxygen atoms in total. The zero-order valence-corrected chi connectivity index (χ0v) is 10.1. The van der Waals surface area contributed by atoms with Crippen LogP contribution in [-0.4, -0.2) is 16.3 Å². The Morgan fingerprint density at radius 1 is 1.29 bits per heavy atom. The van der Waals surface area contributed by atoms with E-state index in [0.29, 0.717) is 6.42 Å². The van der Waals surface area contributed by atoms with Crippen LogP contribution in [0.5, 0.6) is 0 Å². The maximum atomic E-state index is 11.9. The highest BCUT2D eigenvalue weighted by Gasteiger charge is 2.22. The van der Waals surface area contributed by atoms with Crippen LogP contribution in [0.3, 0.4) is 0 Å². The molecular weight excluding hydrogens is 212 g/mol. The first-order valence-corrected chi connectivity index (χ1v) is 5.63. The van der Waals surface area contributed by atoms with Gasteiger partial charge >= 0.3 is 0 Å². The molecule has 0 bridgehead atoms. The van der Waals surface area contributed by atoms with E-state index in [9.17, 15) is 4.79 Å². The van der Waals surface area contributed by atoms with Crippen LogP contribution in [0.15, 0.2) is 36.5 Å². The first kappa shape index (κ1) is 11.7. The maximum Gasteiger partial charge on any atom is 0.156 e. The van der Waals surface area contributed by atoms with E-state index in [-0.39, 0.29) is 5.78 Å². The molecule has 3 heteroatoms. The van der Waals surface area contributed by atoms with Gasteiger partial charge in [0.25, 0.3) is 0 Å². The van der Waals surface area contributed by atoms with Gasteiger partial charge in [-0.3, -0.25) is 9.78 Å². The molecule has 0 saturated carbocycles. The summed E-state index contributed by atoms with van der Waals surface area (Å²) in [5.41, 5.74) is 6.91. The van der Waals surface area contributed by atoms with Crippen LogP contribution in [-0.2, 0) is 11.2 Å². The van der Waals surface area contributed by atoms with Crippen molar-refractivity contribution in [2.75, 3.05) is 0 Å². The van der Waals surface area contributed by atoms with E-state index in [1.165, 1.54) is 0 Å². The van der Waals surface area contributed by atoms with Crippen molar-refractivity contribution in [2.24, 2.45) is 5.73 Å². The van der Waals surface area contributed by atoms with Crippen LogP contribution >= 0.6 is 0 Å². The van der Waals surface area contributed by atoms with Gasteiger partial charge in [0.2, 0.25) is 0 Å². The van der Waals surface area contributed by atoms with Crippen molar-refractivity contribution in [3.8, 4) is 0 Å². The minimum Gasteiger partial charge on any atom is -0.319 e. The van der Waals surface area contributed by atoms with Gasteiger partial charge in [-0.2, -0.15) is 0 Å². The molecule has 0 aliphatic rings. The quantitative estimate of drug-likeness (QED) is 0.875. The number of para-hydroxylation sites is 1. The SMILES string of the molecule is CC(C)(N)C(=O)Cc1ccnc2ccccc12. The van der Waals surface area contributed by atoms with E-state index in [0.717, 1.165) is 16.5 Å². The second-order valence-corrected chi connectivity index (χ2v) is 4.81. The molecular formula is C14H16N2O. The molecule has 0 atom stereocenters. The number of nitrogens with zero attached hydrogens (tertiary/aromatic N) is 1. The number of rotatable bonds is 3. The van der Waals surface area contributed by atoms with Crippen molar-refractivity contribution in [3.63, 3.8) is 0 Å². The summed E-state index contributed by atoms with van der Waals surface area (Å²) in [6.07, 6.45) is 2.08. The molecule has 0 aliphatic heterocycles. The highest BCUT2D eigenvalue weighted by molar-refractivity contribution is 5.93. The van der Waals surface area contributed by atoms with Crippen molar-refractivity contribution in [3.05, 3.63) is 42.1 Å². The molecule has 88 valence electrons. The summed E-state index contributed by atoms with van der Waals surface area (Å²) in [6.45, 7) is 3.47. The fourth-order valence-electron chi connectivity index (χ4n) is 1.71. The third-order valence-corrected chi connectivity index (χ3v) is 2.81. The van der Waals surface area contributed by atoms with Gasteiger partial charge in [0.1, 0.15) is 0 Å². The highest BCUT2D eigenvalue weighted by Crippen LogP contribution is 2.18. The number of aromatic nitrogens is 1. The minimum atomic E-state index is -0.787. The number of hydrogen-bond donors (Lipinski definition) is 1. The van der Waals surface area contributed by atoms with Gasteiger partial charge < -0.3 is 5.73 Å². The van der Waals surface area contributed by atoms with Crippen molar-refractivity contribution in [2.45, 2.75) is 25.8 Å². The van der Waals surface area contributed by atoms with Crippen LogP contribution < -0.4 is 5.73 Å². The van der Waals surface area contributed by atoms with E-state index < -0.39 is 5.54 Å². The Bertz CT molecular complexity index is 550. The normalized spacial score (nSPS) is 11.7. The standard InChI is InChI=1S/C14H16N2O/c1-14(2,15)13(17)9-10-7-8-16-12-6-4-3-5-11(10)12/h3-8H,9,15H2,1-2H3. The number of hydrogen-bond acceptors (Lipinski definition) is 3. The van der Waals surface area contributed by atoms with Gasteiger partial charge in [-0.1, -0.05) is 18.2 Å². The molecule has 1 aromatic heterocycles. The number of nitrogens with two attached hydrogens (primary N) is 1. The predicted molar refractivity (Wildman–Crippen MR) is 68.7 cm³/mol. The summed E-state index contributed by atoms with van der Waals surface area (Å²) in [4.78, 5) is 16.2. The number of carbonyl (C=O) groups is 1. The van der Waals surface area contributed by atoms with Gasteiger partial charge in [0.15, 0.2) is 5.78 Å². The summed E-state index contributed by atoms with van der Waals surface area (Å²) < 4.78 is 0. The third kappa shape index (κ3) is 2.50. The number of ketones is 1. The van der Waals surface area contributed by atoms with Gasteiger partial charge in [0, 0.05) is 18.0 Å². The summed E-state index contributed by atoms with van der Waals surface area (Å²) >= 11 is 0. The van der Waals surface area contributed by atoms with E-state index >= 15 is 0 Å². The van der Waals surface area contributed by atoms with E-state index in [1.807, 2.05) is 30.3 Å². The molecule has 2 rings (SSSR count). The highest BCUT2D eigenvalue weighted by atomic mass is 16.1. The summed E-state index contributed by atoms with van der Waals surface area (Å²) in [7, 11) is 0. The number of Topliss-reactive ketones (excluding diaryl/α,β-unsaturated/α-hetero) is 1. The van der Waals surface area contributed by atoms with Crippen LogP contribution in [0.25, 0.3) is 10.9 Å². The smallest absolute Gasteiger partial charge is 0.156 e. The van der Waals surface area contributed by atoms with E-state index in [2.05, 4.69) is 4.98 Å². The van der Waals surface area contributed by atoms with E-state index in [4.69, 9.17) is 5.73 Å². The molecule has 17 heavy (non-hydrogen) atoms. The van der Waals surface area contributed by atoms with Crippen molar-refractivity contribution >= 4 is 16.7 Å². The maximum absolute atomic E-state index is 11.9. The largest absolute Gasteiger partial charge is 0.319 e. The lowest BCUT2D eigenvalue weighted by atomic mass is 9.93. The number of fused-ring (bicyclic) bond motifs is 1.